The summed E-state index contributed by atoms with van der Waals surface area (Å²) in [6.45, 7) is 2.02. The van der Waals surface area contributed by atoms with E-state index in [1.54, 1.807) is 18.2 Å². The molecule has 2 aliphatic rings. The van der Waals surface area contributed by atoms with Crippen LogP contribution in [0.15, 0.2) is 18.2 Å². The third-order valence-corrected chi connectivity index (χ3v) is 3.93. The van der Waals surface area contributed by atoms with Crippen LogP contribution >= 0.6 is 0 Å². The van der Waals surface area contributed by atoms with Crippen molar-refractivity contribution in [3.63, 3.8) is 0 Å². The van der Waals surface area contributed by atoms with E-state index in [0.29, 0.717) is 43.1 Å². The summed E-state index contributed by atoms with van der Waals surface area (Å²) >= 11 is 0. The zero-order chi connectivity index (χ0) is 15.5. The number of nitrogens with one attached hydrogen (secondary N) is 1. The van der Waals surface area contributed by atoms with Crippen molar-refractivity contribution in [2.45, 2.75) is 12.8 Å². The molecule has 0 aliphatic carbocycles. The first-order chi connectivity index (χ1) is 10.6. The van der Waals surface area contributed by atoms with Gasteiger partial charge in [-0.1, -0.05) is 0 Å². The van der Waals surface area contributed by atoms with Crippen LogP contribution in [0.5, 0.6) is 11.5 Å². The van der Waals surface area contributed by atoms with Gasteiger partial charge in [-0.25, -0.2) is 0 Å². The number of carboxylic acids is 1. The van der Waals surface area contributed by atoms with Crippen LogP contribution in [-0.4, -0.2) is 48.3 Å². The van der Waals surface area contributed by atoms with Gasteiger partial charge in [0, 0.05) is 31.3 Å². The summed E-state index contributed by atoms with van der Waals surface area (Å²) in [6, 6.07) is 5.26. The fourth-order valence-electron chi connectivity index (χ4n) is 2.69. The Hall–Kier alpha value is -2.28. The van der Waals surface area contributed by atoms with E-state index in [1.807, 2.05) is 4.90 Å². The maximum atomic E-state index is 12.0. The van der Waals surface area contributed by atoms with Crippen LogP contribution in [-0.2, 0) is 9.59 Å². The second kappa shape index (κ2) is 6.23. The van der Waals surface area contributed by atoms with Crippen molar-refractivity contribution in [2.24, 2.45) is 5.92 Å². The van der Waals surface area contributed by atoms with Crippen molar-refractivity contribution in [3.05, 3.63) is 18.2 Å². The standard InChI is InChI=1S/C15H18N2O5/c18-14(4-6-17-5-3-10(8-17)15(19)20)16-11-1-2-12-13(7-11)22-9-21-12/h1-2,7,10H,3-6,8-9H2,(H,16,18)(H,19,20). The molecule has 1 atom stereocenters. The highest BCUT2D eigenvalue weighted by atomic mass is 16.7. The number of rotatable bonds is 5. The molecule has 0 radical (unpaired) electrons. The van der Waals surface area contributed by atoms with Crippen molar-refractivity contribution in [2.75, 3.05) is 31.7 Å². The second-order valence-electron chi connectivity index (χ2n) is 5.49. The molecule has 0 bridgehead atoms. The largest absolute Gasteiger partial charge is 0.481 e. The normalized spacial score (nSPS) is 20.1. The molecule has 1 saturated heterocycles. The molecule has 1 aromatic rings. The van der Waals surface area contributed by atoms with E-state index in [0.717, 1.165) is 6.54 Å². The average molecular weight is 306 g/mol. The highest BCUT2D eigenvalue weighted by Gasteiger charge is 2.27. The molecule has 22 heavy (non-hydrogen) atoms. The molecule has 2 N–H and O–H groups in total. The number of anilines is 1. The lowest BCUT2D eigenvalue weighted by molar-refractivity contribution is -0.141. The van der Waals surface area contributed by atoms with Gasteiger partial charge in [-0.15, -0.1) is 0 Å². The van der Waals surface area contributed by atoms with Gasteiger partial charge in [0.2, 0.25) is 12.7 Å². The third kappa shape index (κ3) is 3.30. The maximum Gasteiger partial charge on any atom is 0.307 e. The van der Waals surface area contributed by atoms with Gasteiger partial charge >= 0.3 is 5.97 Å². The highest BCUT2D eigenvalue weighted by Crippen LogP contribution is 2.34. The Morgan fingerprint density at radius 1 is 1.32 bits per heavy atom. The number of likely N-dealkylation sites (tertiary alicyclic amines) is 1. The number of aliphatic carboxylic acids is 1. The summed E-state index contributed by atoms with van der Waals surface area (Å²) in [5, 5.41) is 11.8. The molecule has 118 valence electrons. The molecule has 2 heterocycles. The minimum absolute atomic E-state index is 0.0994. The minimum atomic E-state index is -0.757. The van der Waals surface area contributed by atoms with Crippen molar-refractivity contribution in [3.8, 4) is 11.5 Å². The minimum Gasteiger partial charge on any atom is -0.481 e. The number of benzene rings is 1. The maximum absolute atomic E-state index is 12.0. The Kier molecular flexibility index (Phi) is 4.15. The first kappa shape index (κ1) is 14.6. The molecule has 1 aromatic carbocycles. The number of hydrogen-bond donors (Lipinski definition) is 2. The SMILES string of the molecule is O=C(CCN1CCC(C(=O)O)C1)Nc1ccc2c(c1)OCO2. The predicted octanol–water partition coefficient (Wildman–Crippen LogP) is 1.15. The molecular formula is C15H18N2O5. The lowest BCUT2D eigenvalue weighted by Gasteiger charge is -2.14. The summed E-state index contributed by atoms with van der Waals surface area (Å²) in [4.78, 5) is 24.9. The Morgan fingerprint density at radius 2 is 2.14 bits per heavy atom. The summed E-state index contributed by atoms with van der Waals surface area (Å²) < 4.78 is 10.5. The quantitative estimate of drug-likeness (QED) is 0.848. The molecule has 1 amide bonds. The fourth-order valence-corrected chi connectivity index (χ4v) is 2.69. The predicted molar refractivity (Wildman–Crippen MR) is 78.0 cm³/mol. The summed E-state index contributed by atoms with van der Waals surface area (Å²) in [5.74, 6) is 0.137. The van der Waals surface area contributed by atoms with E-state index in [1.165, 1.54) is 0 Å². The zero-order valence-electron chi connectivity index (χ0n) is 12.1. The second-order valence-corrected chi connectivity index (χ2v) is 5.49. The molecule has 7 heteroatoms. The molecule has 0 spiro atoms. The van der Waals surface area contributed by atoms with Crippen LogP contribution in [0, 0.1) is 5.92 Å². The number of nitrogens with zero attached hydrogens (tertiary/aromatic N) is 1. The Labute approximate surface area is 127 Å². The van der Waals surface area contributed by atoms with Crippen molar-refractivity contribution in [1.82, 2.24) is 4.90 Å². The summed E-state index contributed by atoms with van der Waals surface area (Å²) in [6.07, 6.45) is 0.986. The van der Waals surface area contributed by atoms with Gasteiger partial charge in [0.05, 0.1) is 5.92 Å². The molecule has 2 aliphatic heterocycles. The number of carbonyl (C=O) groups excluding carboxylic acids is 1. The van der Waals surface area contributed by atoms with E-state index >= 15 is 0 Å². The Morgan fingerprint density at radius 3 is 2.91 bits per heavy atom. The van der Waals surface area contributed by atoms with Gasteiger partial charge in [0.1, 0.15) is 0 Å². The van der Waals surface area contributed by atoms with E-state index in [9.17, 15) is 9.59 Å². The van der Waals surface area contributed by atoms with Gasteiger partial charge in [-0.2, -0.15) is 0 Å². The van der Waals surface area contributed by atoms with Crippen LogP contribution in [0.3, 0.4) is 0 Å². The first-order valence-electron chi connectivity index (χ1n) is 7.26. The van der Waals surface area contributed by atoms with Crippen LogP contribution < -0.4 is 14.8 Å². The molecule has 7 nitrogen and oxygen atoms in total. The summed E-state index contributed by atoms with van der Waals surface area (Å²) in [5.41, 5.74) is 0.666. The highest BCUT2D eigenvalue weighted by molar-refractivity contribution is 5.91. The van der Waals surface area contributed by atoms with Gasteiger partial charge in [-0.3, -0.25) is 9.59 Å². The lowest BCUT2D eigenvalue weighted by Crippen LogP contribution is -2.27. The number of carboxylic acid groups (broad SMARTS) is 1. The van der Waals surface area contributed by atoms with E-state index in [2.05, 4.69) is 5.32 Å². The van der Waals surface area contributed by atoms with Crippen molar-refractivity contribution < 1.29 is 24.2 Å². The number of carbonyl (C=O) groups is 2. The molecule has 3 rings (SSSR count). The molecule has 1 fully saturated rings. The lowest BCUT2D eigenvalue weighted by atomic mass is 10.1. The monoisotopic (exact) mass is 306 g/mol. The number of ether oxygens (including phenoxy) is 2. The van der Waals surface area contributed by atoms with Gasteiger partial charge < -0.3 is 24.8 Å². The third-order valence-electron chi connectivity index (χ3n) is 3.93. The molecular weight excluding hydrogens is 288 g/mol. The smallest absolute Gasteiger partial charge is 0.307 e. The van der Waals surface area contributed by atoms with Gasteiger partial charge in [0.15, 0.2) is 11.5 Å². The Balaban J connectivity index is 1.46. The molecule has 0 saturated carbocycles. The van der Waals surface area contributed by atoms with Crippen LogP contribution in [0.4, 0.5) is 5.69 Å². The van der Waals surface area contributed by atoms with E-state index in [4.69, 9.17) is 14.6 Å². The van der Waals surface area contributed by atoms with Crippen LogP contribution in [0.1, 0.15) is 12.8 Å². The van der Waals surface area contributed by atoms with Crippen LogP contribution in [0.25, 0.3) is 0 Å². The summed E-state index contributed by atoms with van der Waals surface area (Å²) in [7, 11) is 0. The topological polar surface area (TPSA) is 88.1 Å². The zero-order valence-corrected chi connectivity index (χ0v) is 12.1. The fraction of sp³-hybridized carbons (Fsp3) is 0.467. The van der Waals surface area contributed by atoms with Crippen LogP contribution in [0.2, 0.25) is 0 Å². The number of amides is 1. The Bertz CT molecular complexity index is 589. The average Bonchev–Trinajstić information content (AvgIpc) is 3.13. The van der Waals surface area contributed by atoms with E-state index in [-0.39, 0.29) is 18.6 Å². The molecule has 0 aromatic heterocycles. The van der Waals surface area contributed by atoms with Crippen molar-refractivity contribution in [1.29, 1.82) is 0 Å². The first-order valence-corrected chi connectivity index (χ1v) is 7.26. The van der Waals surface area contributed by atoms with E-state index < -0.39 is 5.97 Å². The number of hydrogen-bond acceptors (Lipinski definition) is 5. The van der Waals surface area contributed by atoms with Gasteiger partial charge in [0.25, 0.3) is 0 Å². The molecule has 1 unspecified atom stereocenters. The number of fused-ring (bicyclic) bond motifs is 1. The van der Waals surface area contributed by atoms with Crippen molar-refractivity contribution >= 4 is 17.6 Å². The van der Waals surface area contributed by atoms with Gasteiger partial charge in [-0.05, 0) is 25.1 Å².